The number of Topliss-reactive ketones (excluding diaryl/α,β-unsaturated/α-hetero) is 1. The number of fused-ring (bicyclic) bond motifs is 1. The first-order valence-electron chi connectivity index (χ1n) is 5.96. The normalized spacial score (nSPS) is 11.9. The third kappa shape index (κ3) is 2.54. The fourth-order valence-electron chi connectivity index (χ4n) is 1.82. The zero-order chi connectivity index (χ0) is 13.3. The second-order valence-electron chi connectivity index (χ2n) is 5.43. The molecule has 0 aliphatic carbocycles. The van der Waals surface area contributed by atoms with E-state index in [2.05, 4.69) is 10.3 Å². The van der Waals surface area contributed by atoms with E-state index in [4.69, 9.17) is 0 Å². The van der Waals surface area contributed by atoms with Crippen LogP contribution in [0.3, 0.4) is 0 Å². The number of aromatic hydroxyl groups is 1. The number of rotatable bonds is 3. The van der Waals surface area contributed by atoms with Crippen LogP contribution in [0, 0.1) is 0 Å². The van der Waals surface area contributed by atoms with Crippen LogP contribution in [0.4, 0.5) is 0 Å². The largest absolute Gasteiger partial charge is 0.506 e. The quantitative estimate of drug-likeness (QED) is 0.729. The Labute approximate surface area is 106 Å². The molecule has 0 saturated carbocycles. The molecular weight excluding hydrogens is 228 g/mol. The number of ketones is 1. The van der Waals surface area contributed by atoms with Crippen LogP contribution in [-0.2, 0) is 0 Å². The standard InChI is InChI=1S/C14H18N2O2/c1-14(2,3)16-8-12(18)9-4-5-11(17)13-10(9)6-7-15-13/h4-7,15-17H,8H2,1-3H3. The van der Waals surface area contributed by atoms with E-state index in [-0.39, 0.29) is 23.6 Å². The second kappa shape index (κ2) is 4.46. The van der Waals surface area contributed by atoms with E-state index in [1.54, 1.807) is 24.4 Å². The van der Waals surface area contributed by atoms with Gasteiger partial charge in [0, 0.05) is 22.7 Å². The summed E-state index contributed by atoms with van der Waals surface area (Å²) in [6.07, 6.45) is 1.72. The van der Waals surface area contributed by atoms with Crippen molar-refractivity contribution in [1.29, 1.82) is 0 Å². The van der Waals surface area contributed by atoms with E-state index in [0.717, 1.165) is 5.39 Å². The van der Waals surface area contributed by atoms with Gasteiger partial charge in [0.15, 0.2) is 5.78 Å². The molecule has 0 aliphatic heterocycles. The molecule has 0 saturated heterocycles. The second-order valence-corrected chi connectivity index (χ2v) is 5.43. The van der Waals surface area contributed by atoms with Crippen molar-refractivity contribution in [2.24, 2.45) is 0 Å². The molecule has 0 spiro atoms. The summed E-state index contributed by atoms with van der Waals surface area (Å²) >= 11 is 0. The number of carbonyl (C=O) groups is 1. The molecule has 0 amide bonds. The minimum Gasteiger partial charge on any atom is -0.506 e. The summed E-state index contributed by atoms with van der Waals surface area (Å²) in [7, 11) is 0. The number of benzene rings is 1. The summed E-state index contributed by atoms with van der Waals surface area (Å²) < 4.78 is 0. The molecule has 0 radical (unpaired) electrons. The Morgan fingerprint density at radius 2 is 2.06 bits per heavy atom. The summed E-state index contributed by atoms with van der Waals surface area (Å²) in [6.45, 7) is 6.34. The van der Waals surface area contributed by atoms with Gasteiger partial charge < -0.3 is 15.4 Å². The Hall–Kier alpha value is -1.81. The molecule has 0 bridgehead atoms. The first kappa shape index (κ1) is 12.6. The van der Waals surface area contributed by atoms with Crippen LogP contribution in [0.25, 0.3) is 10.9 Å². The van der Waals surface area contributed by atoms with Crippen molar-refractivity contribution in [3.8, 4) is 5.75 Å². The molecule has 0 aliphatic rings. The van der Waals surface area contributed by atoms with Crippen molar-refractivity contribution in [1.82, 2.24) is 10.3 Å². The van der Waals surface area contributed by atoms with Gasteiger partial charge in [-0.3, -0.25) is 4.79 Å². The van der Waals surface area contributed by atoms with Crippen LogP contribution < -0.4 is 5.32 Å². The molecule has 4 heteroatoms. The van der Waals surface area contributed by atoms with Gasteiger partial charge in [0.25, 0.3) is 0 Å². The summed E-state index contributed by atoms with van der Waals surface area (Å²) in [6, 6.07) is 5.01. The lowest BCUT2D eigenvalue weighted by atomic mass is 10.0. The first-order chi connectivity index (χ1) is 8.38. The zero-order valence-electron chi connectivity index (χ0n) is 10.9. The lowest BCUT2D eigenvalue weighted by Crippen LogP contribution is -2.39. The number of aromatic amines is 1. The molecule has 2 rings (SSSR count). The van der Waals surface area contributed by atoms with Crippen molar-refractivity contribution in [3.63, 3.8) is 0 Å². The predicted molar refractivity (Wildman–Crippen MR) is 72.0 cm³/mol. The van der Waals surface area contributed by atoms with Gasteiger partial charge in [-0.2, -0.15) is 0 Å². The van der Waals surface area contributed by atoms with Crippen molar-refractivity contribution in [2.75, 3.05) is 6.54 Å². The Morgan fingerprint density at radius 3 is 2.72 bits per heavy atom. The molecule has 1 heterocycles. The van der Waals surface area contributed by atoms with E-state index in [0.29, 0.717) is 11.1 Å². The average molecular weight is 246 g/mol. The SMILES string of the molecule is CC(C)(C)NCC(=O)c1ccc(O)c2[nH]ccc12. The number of phenolic OH excluding ortho intramolecular Hbond substituents is 1. The zero-order valence-corrected chi connectivity index (χ0v) is 10.9. The van der Waals surface area contributed by atoms with Gasteiger partial charge in [-0.25, -0.2) is 0 Å². The van der Waals surface area contributed by atoms with Gasteiger partial charge in [0.2, 0.25) is 0 Å². The van der Waals surface area contributed by atoms with Gasteiger partial charge in [-0.05, 0) is 39.0 Å². The van der Waals surface area contributed by atoms with E-state index < -0.39 is 0 Å². The Morgan fingerprint density at radius 1 is 1.33 bits per heavy atom. The maximum atomic E-state index is 12.2. The van der Waals surface area contributed by atoms with Crippen molar-refractivity contribution < 1.29 is 9.90 Å². The van der Waals surface area contributed by atoms with Gasteiger partial charge >= 0.3 is 0 Å². The number of hydrogen-bond donors (Lipinski definition) is 3. The molecular formula is C14H18N2O2. The van der Waals surface area contributed by atoms with E-state index in [1.165, 1.54) is 0 Å². The number of H-pyrrole nitrogens is 1. The lowest BCUT2D eigenvalue weighted by Gasteiger charge is -2.20. The minimum atomic E-state index is -0.0934. The Kier molecular flexibility index (Phi) is 3.13. The van der Waals surface area contributed by atoms with Crippen LogP contribution in [0.2, 0.25) is 0 Å². The molecule has 2 aromatic rings. The van der Waals surface area contributed by atoms with Gasteiger partial charge in [0.05, 0.1) is 12.1 Å². The molecule has 0 atom stereocenters. The van der Waals surface area contributed by atoms with E-state index in [9.17, 15) is 9.90 Å². The highest BCUT2D eigenvalue weighted by molar-refractivity contribution is 6.09. The molecule has 0 unspecified atom stereocenters. The van der Waals surface area contributed by atoms with Crippen LogP contribution in [-0.4, -0.2) is 28.0 Å². The number of nitrogens with one attached hydrogen (secondary N) is 2. The highest BCUT2D eigenvalue weighted by atomic mass is 16.3. The monoisotopic (exact) mass is 246 g/mol. The summed E-state index contributed by atoms with van der Waals surface area (Å²) in [5, 5.41) is 13.6. The molecule has 0 fully saturated rings. The fourth-order valence-corrected chi connectivity index (χ4v) is 1.82. The summed E-state index contributed by atoms with van der Waals surface area (Å²) in [5.41, 5.74) is 1.14. The van der Waals surface area contributed by atoms with Crippen molar-refractivity contribution in [3.05, 3.63) is 30.0 Å². The molecule has 3 N–H and O–H groups in total. The Balaban J connectivity index is 2.28. The number of carbonyl (C=O) groups excluding carboxylic acids is 1. The number of phenols is 1. The van der Waals surface area contributed by atoms with E-state index >= 15 is 0 Å². The summed E-state index contributed by atoms with van der Waals surface area (Å²) in [5.74, 6) is 0.185. The van der Waals surface area contributed by atoms with Crippen LogP contribution in [0.5, 0.6) is 5.75 Å². The van der Waals surface area contributed by atoms with E-state index in [1.807, 2.05) is 20.8 Å². The third-order valence-corrected chi connectivity index (χ3v) is 2.78. The van der Waals surface area contributed by atoms with Crippen molar-refractivity contribution >= 4 is 16.7 Å². The van der Waals surface area contributed by atoms with Crippen molar-refractivity contribution in [2.45, 2.75) is 26.3 Å². The average Bonchev–Trinajstić information content (AvgIpc) is 2.75. The molecule has 18 heavy (non-hydrogen) atoms. The summed E-state index contributed by atoms with van der Waals surface area (Å²) in [4.78, 5) is 15.1. The maximum Gasteiger partial charge on any atom is 0.177 e. The Bertz CT molecular complexity index is 579. The third-order valence-electron chi connectivity index (χ3n) is 2.78. The van der Waals surface area contributed by atoms with Crippen LogP contribution in [0.1, 0.15) is 31.1 Å². The molecule has 4 nitrogen and oxygen atoms in total. The highest BCUT2D eigenvalue weighted by Crippen LogP contribution is 2.26. The molecule has 1 aromatic heterocycles. The maximum absolute atomic E-state index is 12.2. The van der Waals surface area contributed by atoms with Crippen LogP contribution in [0.15, 0.2) is 24.4 Å². The van der Waals surface area contributed by atoms with Crippen LogP contribution >= 0.6 is 0 Å². The number of hydrogen-bond acceptors (Lipinski definition) is 3. The lowest BCUT2D eigenvalue weighted by molar-refractivity contribution is 0.0983. The van der Waals surface area contributed by atoms with Gasteiger partial charge in [-0.15, -0.1) is 0 Å². The first-order valence-corrected chi connectivity index (χ1v) is 5.96. The fraction of sp³-hybridized carbons (Fsp3) is 0.357. The molecule has 1 aromatic carbocycles. The topological polar surface area (TPSA) is 65.1 Å². The molecule has 96 valence electrons. The highest BCUT2D eigenvalue weighted by Gasteiger charge is 2.16. The smallest absolute Gasteiger partial charge is 0.177 e. The predicted octanol–water partition coefficient (Wildman–Crippen LogP) is 2.44. The number of aromatic nitrogens is 1. The van der Waals surface area contributed by atoms with Gasteiger partial charge in [0.1, 0.15) is 5.75 Å². The minimum absolute atomic E-state index is 0.0227. The van der Waals surface area contributed by atoms with Gasteiger partial charge in [-0.1, -0.05) is 0 Å².